The first-order valence-electron chi connectivity index (χ1n) is 14.9. The molecule has 228 valence electrons. The number of nitrogens with one attached hydrogen (secondary N) is 1. The number of aliphatic hydroxyl groups excluding tert-OH is 2. The third kappa shape index (κ3) is 11.4. The Balaban J connectivity index is 1.80. The molecule has 0 amide bonds. The minimum Gasteiger partial charge on any atom is -0.493 e. The standard InChI is InChI=1S/C31H51NO8/c1-22(19-33)17-23(2)29(36)18-27(40-24(3)28-7-5-6-14-32-28)13-10-25-8-11-26(12-9-25)38-15-16-39-30(37)31(4,20-34)21-35/h17,19,23,25-28,32,34-35H,3,5-16,18,20-21H2,1-2,4H3/b22-17+/t23-,25-,26-,27-,28+/m1/s1. The summed E-state index contributed by atoms with van der Waals surface area (Å²) in [6.07, 6.45) is 11.5. The van der Waals surface area contributed by atoms with Gasteiger partial charge in [-0.3, -0.25) is 14.4 Å². The van der Waals surface area contributed by atoms with Crippen molar-refractivity contribution in [1.82, 2.24) is 5.32 Å². The van der Waals surface area contributed by atoms with Gasteiger partial charge in [-0.1, -0.05) is 26.0 Å². The number of aldehydes is 1. The van der Waals surface area contributed by atoms with Gasteiger partial charge in [0.05, 0.1) is 32.0 Å². The summed E-state index contributed by atoms with van der Waals surface area (Å²) in [6.45, 7) is 9.52. The third-order valence-corrected chi connectivity index (χ3v) is 8.20. The Morgan fingerprint density at radius 2 is 1.80 bits per heavy atom. The van der Waals surface area contributed by atoms with E-state index in [1.165, 1.54) is 6.92 Å². The molecule has 0 spiro atoms. The first-order valence-corrected chi connectivity index (χ1v) is 14.9. The predicted molar refractivity (Wildman–Crippen MR) is 152 cm³/mol. The summed E-state index contributed by atoms with van der Waals surface area (Å²) < 4.78 is 17.4. The van der Waals surface area contributed by atoms with Crippen LogP contribution in [0.4, 0.5) is 0 Å². The number of piperidine rings is 1. The molecule has 1 saturated carbocycles. The number of allylic oxidation sites excluding steroid dienone is 2. The first kappa shape index (κ1) is 34.1. The molecule has 2 rings (SSSR count). The van der Waals surface area contributed by atoms with Gasteiger partial charge < -0.3 is 29.7 Å². The van der Waals surface area contributed by atoms with E-state index >= 15 is 0 Å². The zero-order chi connectivity index (χ0) is 29.5. The van der Waals surface area contributed by atoms with Crippen molar-refractivity contribution in [2.45, 2.75) is 103 Å². The van der Waals surface area contributed by atoms with Crippen molar-refractivity contribution >= 4 is 18.0 Å². The van der Waals surface area contributed by atoms with Gasteiger partial charge in [-0.05, 0) is 83.2 Å². The van der Waals surface area contributed by atoms with Crippen LogP contribution in [0, 0.1) is 17.3 Å². The molecule has 1 aliphatic heterocycles. The Labute approximate surface area is 239 Å². The van der Waals surface area contributed by atoms with Gasteiger partial charge >= 0.3 is 5.97 Å². The summed E-state index contributed by atoms with van der Waals surface area (Å²) in [4.78, 5) is 36.0. The van der Waals surface area contributed by atoms with Gasteiger partial charge in [0.1, 0.15) is 36.0 Å². The fourth-order valence-electron chi connectivity index (χ4n) is 5.27. The van der Waals surface area contributed by atoms with Crippen LogP contribution in [0.3, 0.4) is 0 Å². The Bertz CT molecular complexity index is 838. The number of carbonyl (C=O) groups is 3. The number of Topliss-reactive ketones (excluding diaryl/α,β-unsaturated/α-hetero) is 1. The quantitative estimate of drug-likeness (QED) is 0.0749. The Morgan fingerprint density at radius 3 is 2.40 bits per heavy atom. The molecule has 3 N–H and O–H groups in total. The Kier molecular flexibility index (Phi) is 15.1. The summed E-state index contributed by atoms with van der Waals surface area (Å²) in [7, 11) is 0. The molecule has 0 bridgehead atoms. The average Bonchev–Trinajstić information content (AvgIpc) is 2.98. The van der Waals surface area contributed by atoms with E-state index in [4.69, 9.17) is 14.2 Å². The normalized spacial score (nSPS) is 23.6. The van der Waals surface area contributed by atoms with E-state index in [0.717, 1.165) is 70.6 Å². The summed E-state index contributed by atoms with van der Waals surface area (Å²) in [6, 6.07) is 0.119. The highest BCUT2D eigenvalue weighted by atomic mass is 16.6. The molecule has 2 aliphatic rings. The zero-order valence-corrected chi connectivity index (χ0v) is 24.7. The molecule has 40 heavy (non-hydrogen) atoms. The van der Waals surface area contributed by atoms with E-state index in [1.807, 2.05) is 6.92 Å². The molecule has 2 fully saturated rings. The molecule has 0 radical (unpaired) electrons. The van der Waals surface area contributed by atoms with Crippen molar-refractivity contribution in [2.24, 2.45) is 17.3 Å². The lowest BCUT2D eigenvalue weighted by Crippen LogP contribution is -2.37. The van der Waals surface area contributed by atoms with E-state index in [1.54, 1.807) is 13.0 Å². The molecule has 9 nitrogen and oxygen atoms in total. The molecule has 0 aromatic rings. The number of rotatable bonds is 18. The van der Waals surface area contributed by atoms with Crippen molar-refractivity contribution in [1.29, 1.82) is 0 Å². The van der Waals surface area contributed by atoms with Gasteiger partial charge in [-0.2, -0.15) is 0 Å². The van der Waals surface area contributed by atoms with Crippen molar-refractivity contribution in [3.8, 4) is 0 Å². The summed E-state index contributed by atoms with van der Waals surface area (Å²) in [5.74, 6) is 0.313. The first-order chi connectivity index (χ1) is 19.1. The van der Waals surface area contributed by atoms with Crippen molar-refractivity contribution < 1.29 is 38.8 Å². The third-order valence-electron chi connectivity index (χ3n) is 8.20. The van der Waals surface area contributed by atoms with Crippen LogP contribution in [0.1, 0.15) is 85.0 Å². The van der Waals surface area contributed by atoms with Gasteiger partial charge in [0.15, 0.2) is 0 Å². The van der Waals surface area contributed by atoms with Gasteiger partial charge in [-0.15, -0.1) is 0 Å². The van der Waals surface area contributed by atoms with E-state index in [9.17, 15) is 24.6 Å². The van der Waals surface area contributed by atoms with Crippen molar-refractivity contribution in [2.75, 3.05) is 33.0 Å². The Hall–Kier alpha value is -2.07. The van der Waals surface area contributed by atoms with Crippen LogP contribution in [0.15, 0.2) is 24.0 Å². The predicted octanol–water partition coefficient (Wildman–Crippen LogP) is 3.66. The fraction of sp³-hybridized carbons (Fsp3) is 0.774. The number of esters is 1. The second-order valence-corrected chi connectivity index (χ2v) is 11.8. The molecule has 0 aromatic carbocycles. The van der Waals surface area contributed by atoms with Gasteiger partial charge in [0, 0.05) is 12.3 Å². The van der Waals surface area contributed by atoms with Gasteiger partial charge in [0.2, 0.25) is 0 Å². The van der Waals surface area contributed by atoms with Crippen LogP contribution in [-0.4, -0.2) is 79.5 Å². The number of ether oxygens (including phenoxy) is 3. The van der Waals surface area contributed by atoms with Crippen LogP contribution in [-0.2, 0) is 28.6 Å². The summed E-state index contributed by atoms with van der Waals surface area (Å²) in [5.41, 5.74) is -0.743. The number of ketones is 1. The largest absolute Gasteiger partial charge is 0.493 e. The molecule has 0 unspecified atom stereocenters. The van der Waals surface area contributed by atoms with Gasteiger partial charge in [-0.25, -0.2) is 0 Å². The summed E-state index contributed by atoms with van der Waals surface area (Å²) in [5, 5.41) is 22.0. The minimum absolute atomic E-state index is 0.0618. The van der Waals surface area contributed by atoms with Crippen LogP contribution >= 0.6 is 0 Å². The molecule has 1 heterocycles. The number of hydrogen-bond acceptors (Lipinski definition) is 9. The monoisotopic (exact) mass is 565 g/mol. The number of aliphatic hydroxyl groups is 2. The van der Waals surface area contributed by atoms with Crippen molar-refractivity contribution in [3.63, 3.8) is 0 Å². The molecule has 3 atom stereocenters. The maximum atomic E-state index is 13.0. The maximum Gasteiger partial charge on any atom is 0.316 e. The topological polar surface area (TPSA) is 131 Å². The number of hydrogen-bond donors (Lipinski definition) is 3. The van der Waals surface area contributed by atoms with Gasteiger partial charge in [0.25, 0.3) is 0 Å². The molecule has 9 heteroatoms. The molecule has 1 saturated heterocycles. The number of carbonyl (C=O) groups excluding carboxylic acids is 3. The lowest BCUT2D eigenvalue weighted by Gasteiger charge is -2.31. The zero-order valence-electron chi connectivity index (χ0n) is 24.7. The molecular weight excluding hydrogens is 514 g/mol. The second kappa shape index (κ2) is 17.7. The van der Waals surface area contributed by atoms with Crippen LogP contribution in [0.2, 0.25) is 0 Å². The molecule has 1 aliphatic carbocycles. The van der Waals surface area contributed by atoms with Crippen molar-refractivity contribution in [3.05, 3.63) is 24.0 Å². The lowest BCUT2D eigenvalue weighted by atomic mass is 9.83. The van der Waals surface area contributed by atoms with E-state index < -0.39 is 24.6 Å². The lowest BCUT2D eigenvalue weighted by molar-refractivity contribution is -0.162. The molecule has 0 aromatic heterocycles. The fourth-order valence-corrected chi connectivity index (χ4v) is 5.27. The highest BCUT2D eigenvalue weighted by Gasteiger charge is 2.34. The SMILES string of the molecule is C=C(O[C@H](CC[C@H]1CC[C@H](OCCOC(=O)C(C)(CO)CO)CC1)CC(=O)[C@H](C)/C=C(\C)C=O)[C@@H]1CCCCN1. The average molecular weight is 566 g/mol. The maximum absolute atomic E-state index is 13.0. The van der Waals surface area contributed by atoms with Crippen LogP contribution < -0.4 is 5.32 Å². The van der Waals surface area contributed by atoms with Crippen LogP contribution in [0.25, 0.3) is 0 Å². The van der Waals surface area contributed by atoms with E-state index in [-0.39, 0.29) is 43.2 Å². The highest BCUT2D eigenvalue weighted by Crippen LogP contribution is 2.31. The van der Waals surface area contributed by atoms with Crippen LogP contribution in [0.5, 0.6) is 0 Å². The highest BCUT2D eigenvalue weighted by molar-refractivity contribution is 5.84. The smallest absolute Gasteiger partial charge is 0.316 e. The second-order valence-electron chi connectivity index (χ2n) is 11.8. The Morgan fingerprint density at radius 1 is 1.10 bits per heavy atom. The minimum atomic E-state index is -1.30. The molecular formula is C31H51NO8. The van der Waals surface area contributed by atoms with E-state index in [2.05, 4.69) is 11.9 Å². The summed E-state index contributed by atoms with van der Waals surface area (Å²) >= 11 is 0. The van der Waals surface area contributed by atoms with E-state index in [0.29, 0.717) is 23.7 Å².